The van der Waals surface area contributed by atoms with Crippen LogP contribution in [0.1, 0.15) is 27.1 Å². The number of aromatic carboxylic acids is 1. The topological polar surface area (TPSA) is 83.0 Å². The number of carbonyl (C=O) groups is 2. The molecule has 2 aromatic rings. The zero-order valence-electron chi connectivity index (χ0n) is 15.7. The minimum atomic E-state index is -1.05. The molecule has 0 spiro atoms. The van der Waals surface area contributed by atoms with Gasteiger partial charge < -0.3 is 19.6 Å². The molecule has 0 radical (unpaired) electrons. The molecule has 2 heterocycles. The van der Waals surface area contributed by atoms with Crippen molar-refractivity contribution in [3.63, 3.8) is 0 Å². The van der Waals surface area contributed by atoms with Crippen LogP contribution in [0.5, 0.6) is 5.88 Å². The van der Waals surface area contributed by atoms with E-state index in [1.165, 1.54) is 19.2 Å². The lowest BCUT2D eigenvalue weighted by Gasteiger charge is -2.20. The molecule has 1 N–H and O–H groups in total. The zero-order valence-corrected chi connectivity index (χ0v) is 15.7. The van der Waals surface area contributed by atoms with Gasteiger partial charge in [0.2, 0.25) is 5.88 Å². The number of likely N-dealkylation sites (tertiary alicyclic amines) is 1. The van der Waals surface area contributed by atoms with Gasteiger partial charge in [-0.2, -0.15) is 0 Å². The van der Waals surface area contributed by atoms with Crippen molar-refractivity contribution < 1.29 is 19.4 Å². The zero-order chi connectivity index (χ0) is 19.6. The first-order valence-electron chi connectivity index (χ1n) is 8.74. The summed E-state index contributed by atoms with van der Waals surface area (Å²) in [7, 11) is 5.50. The molecule has 3 rings (SSSR count). The molecule has 1 aromatic carbocycles. The number of benzene rings is 1. The van der Waals surface area contributed by atoms with Gasteiger partial charge in [-0.05, 0) is 38.7 Å². The number of ether oxygens (including phenoxy) is 1. The third-order valence-corrected chi connectivity index (χ3v) is 4.87. The lowest BCUT2D eigenvalue weighted by molar-refractivity contribution is 0.0695. The van der Waals surface area contributed by atoms with Gasteiger partial charge in [-0.25, -0.2) is 9.78 Å². The van der Waals surface area contributed by atoms with Crippen LogP contribution in [0.25, 0.3) is 11.3 Å². The van der Waals surface area contributed by atoms with E-state index in [2.05, 4.69) is 9.88 Å². The standard InChI is InChI=1S/C20H23N3O4/c1-22(2)16-8-9-23(12-16)19(24)14-6-4-13(5-7-14)17-10-15(20(25)26)11-18(21-17)27-3/h4-7,10-11,16H,8-9,12H2,1-3H3,(H,25,26)/t16-/m1/s1. The molecular weight excluding hydrogens is 346 g/mol. The van der Waals surface area contributed by atoms with E-state index in [0.29, 0.717) is 17.3 Å². The number of pyridine rings is 1. The molecule has 0 unspecified atom stereocenters. The minimum Gasteiger partial charge on any atom is -0.481 e. The van der Waals surface area contributed by atoms with Gasteiger partial charge in [0.1, 0.15) is 0 Å². The number of aromatic nitrogens is 1. The maximum absolute atomic E-state index is 12.7. The maximum atomic E-state index is 12.7. The Bertz CT molecular complexity index is 849. The van der Waals surface area contributed by atoms with Gasteiger partial charge in [-0.3, -0.25) is 4.79 Å². The highest BCUT2D eigenvalue weighted by Crippen LogP contribution is 2.24. The minimum absolute atomic E-state index is 0.00993. The summed E-state index contributed by atoms with van der Waals surface area (Å²) in [6.07, 6.45) is 0.975. The third-order valence-electron chi connectivity index (χ3n) is 4.87. The van der Waals surface area contributed by atoms with Crippen molar-refractivity contribution in [2.45, 2.75) is 12.5 Å². The molecule has 7 nitrogen and oxygen atoms in total. The van der Waals surface area contributed by atoms with Crippen LogP contribution in [-0.4, -0.2) is 72.1 Å². The highest BCUT2D eigenvalue weighted by Gasteiger charge is 2.28. The van der Waals surface area contributed by atoms with E-state index >= 15 is 0 Å². The Hall–Kier alpha value is -2.93. The van der Waals surface area contributed by atoms with E-state index in [-0.39, 0.29) is 17.4 Å². The molecule has 1 saturated heterocycles. The lowest BCUT2D eigenvalue weighted by atomic mass is 10.1. The van der Waals surface area contributed by atoms with Crippen LogP contribution in [0.4, 0.5) is 0 Å². The largest absolute Gasteiger partial charge is 0.481 e. The molecule has 0 saturated carbocycles. The molecule has 0 bridgehead atoms. The van der Waals surface area contributed by atoms with Crippen molar-refractivity contribution >= 4 is 11.9 Å². The molecule has 1 aromatic heterocycles. The molecule has 0 aliphatic carbocycles. The molecule has 1 aliphatic rings. The van der Waals surface area contributed by atoms with Gasteiger partial charge in [0.15, 0.2) is 0 Å². The van der Waals surface area contributed by atoms with Crippen molar-refractivity contribution in [3.05, 3.63) is 47.5 Å². The predicted molar refractivity (Wildman–Crippen MR) is 101 cm³/mol. The van der Waals surface area contributed by atoms with E-state index in [0.717, 1.165) is 25.1 Å². The summed E-state index contributed by atoms with van der Waals surface area (Å²) in [6.45, 7) is 1.48. The summed E-state index contributed by atoms with van der Waals surface area (Å²) in [5, 5.41) is 9.24. The fraction of sp³-hybridized carbons (Fsp3) is 0.350. The van der Waals surface area contributed by atoms with Crippen LogP contribution in [0, 0.1) is 0 Å². The first-order valence-corrected chi connectivity index (χ1v) is 8.74. The van der Waals surface area contributed by atoms with Crippen LogP contribution < -0.4 is 4.74 Å². The predicted octanol–water partition coefficient (Wildman–Crippen LogP) is 2.23. The molecule has 1 aliphatic heterocycles. The normalized spacial score (nSPS) is 16.6. The van der Waals surface area contributed by atoms with Crippen molar-refractivity contribution in [1.29, 1.82) is 0 Å². The first-order chi connectivity index (χ1) is 12.9. The van der Waals surface area contributed by atoms with E-state index in [1.54, 1.807) is 24.3 Å². The smallest absolute Gasteiger partial charge is 0.335 e. The number of hydrogen-bond donors (Lipinski definition) is 1. The number of carboxylic acid groups (broad SMARTS) is 1. The summed E-state index contributed by atoms with van der Waals surface area (Å²) in [6, 6.07) is 10.3. The summed E-state index contributed by atoms with van der Waals surface area (Å²) >= 11 is 0. The summed E-state index contributed by atoms with van der Waals surface area (Å²) < 4.78 is 5.09. The Morgan fingerprint density at radius 2 is 1.89 bits per heavy atom. The maximum Gasteiger partial charge on any atom is 0.335 e. The quantitative estimate of drug-likeness (QED) is 0.870. The highest BCUT2D eigenvalue weighted by atomic mass is 16.5. The number of carbonyl (C=O) groups excluding carboxylic acids is 1. The van der Waals surface area contributed by atoms with Crippen LogP contribution in [0.3, 0.4) is 0 Å². The van der Waals surface area contributed by atoms with E-state index in [4.69, 9.17) is 4.74 Å². The van der Waals surface area contributed by atoms with Crippen molar-refractivity contribution in [1.82, 2.24) is 14.8 Å². The number of likely N-dealkylation sites (N-methyl/N-ethyl adjacent to an activating group) is 1. The van der Waals surface area contributed by atoms with Gasteiger partial charge in [0, 0.05) is 36.3 Å². The van der Waals surface area contributed by atoms with Crippen molar-refractivity contribution in [3.8, 4) is 17.1 Å². The second-order valence-corrected chi connectivity index (χ2v) is 6.82. The Kier molecular flexibility index (Phi) is 5.41. The molecule has 27 heavy (non-hydrogen) atoms. The molecular formula is C20H23N3O4. The molecule has 1 amide bonds. The van der Waals surface area contributed by atoms with Gasteiger partial charge in [-0.15, -0.1) is 0 Å². The van der Waals surface area contributed by atoms with E-state index in [9.17, 15) is 14.7 Å². The fourth-order valence-corrected chi connectivity index (χ4v) is 3.20. The Morgan fingerprint density at radius 3 is 2.44 bits per heavy atom. The van der Waals surface area contributed by atoms with Gasteiger partial charge >= 0.3 is 5.97 Å². The van der Waals surface area contributed by atoms with Gasteiger partial charge in [-0.1, -0.05) is 12.1 Å². The van der Waals surface area contributed by atoms with Crippen molar-refractivity contribution in [2.24, 2.45) is 0 Å². The molecule has 1 atom stereocenters. The number of hydrogen-bond acceptors (Lipinski definition) is 5. The fourth-order valence-electron chi connectivity index (χ4n) is 3.20. The second-order valence-electron chi connectivity index (χ2n) is 6.82. The molecule has 7 heteroatoms. The number of rotatable bonds is 5. The Labute approximate surface area is 158 Å². The number of amides is 1. The van der Waals surface area contributed by atoms with Gasteiger partial charge in [0.05, 0.1) is 18.4 Å². The lowest BCUT2D eigenvalue weighted by Crippen LogP contribution is -2.34. The number of nitrogens with zero attached hydrogens (tertiary/aromatic N) is 3. The average Bonchev–Trinajstić information content (AvgIpc) is 3.17. The number of methoxy groups -OCH3 is 1. The van der Waals surface area contributed by atoms with E-state index < -0.39 is 5.97 Å². The van der Waals surface area contributed by atoms with Gasteiger partial charge in [0.25, 0.3) is 5.91 Å². The molecule has 142 valence electrons. The first kappa shape index (κ1) is 18.8. The number of carboxylic acids is 1. The summed E-state index contributed by atoms with van der Waals surface area (Å²) in [4.78, 5) is 32.3. The van der Waals surface area contributed by atoms with Crippen molar-refractivity contribution in [2.75, 3.05) is 34.3 Å². The Morgan fingerprint density at radius 1 is 1.19 bits per heavy atom. The monoisotopic (exact) mass is 369 g/mol. The van der Waals surface area contributed by atoms with Crippen LogP contribution in [0.15, 0.2) is 36.4 Å². The van der Waals surface area contributed by atoms with Crippen LogP contribution in [0.2, 0.25) is 0 Å². The molecule has 1 fully saturated rings. The summed E-state index contributed by atoms with van der Waals surface area (Å²) in [5.74, 6) is -0.805. The Balaban J connectivity index is 1.81. The highest BCUT2D eigenvalue weighted by molar-refractivity contribution is 5.95. The second kappa shape index (κ2) is 7.75. The third kappa shape index (κ3) is 4.09. The SMILES string of the molecule is COc1cc(C(=O)O)cc(-c2ccc(C(=O)N3CC[C@@H](N(C)C)C3)cc2)n1. The van der Waals surface area contributed by atoms with Crippen LogP contribution >= 0.6 is 0 Å². The van der Waals surface area contributed by atoms with E-state index in [1.807, 2.05) is 19.0 Å². The summed E-state index contributed by atoms with van der Waals surface area (Å²) in [5.41, 5.74) is 1.92. The van der Waals surface area contributed by atoms with Crippen LogP contribution in [-0.2, 0) is 0 Å². The average molecular weight is 369 g/mol.